The zero-order valence-electron chi connectivity index (χ0n) is 12.1. The lowest BCUT2D eigenvalue weighted by Gasteiger charge is -2.11. The Morgan fingerprint density at radius 2 is 2.05 bits per heavy atom. The molecular formula is C15H15N3O3S. The molecule has 0 aliphatic heterocycles. The third-order valence-corrected chi connectivity index (χ3v) is 4.70. The van der Waals surface area contributed by atoms with Gasteiger partial charge in [-0.25, -0.2) is 13.4 Å². The lowest BCUT2D eigenvalue weighted by Crippen LogP contribution is -2.14. The van der Waals surface area contributed by atoms with E-state index < -0.39 is 10.0 Å². The van der Waals surface area contributed by atoms with Crippen molar-refractivity contribution in [3.05, 3.63) is 54.5 Å². The molecular weight excluding hydrogens is 302 g/mol. The minimum Gasteiger partial charge on any atom is -0.496 e. The molecule has 0 unspecified atom stereocenters. The number of hydrogen-bond donors (Lipinski definition) is 1. The predicted octanol–water partition coefficient (Wildman–Crippen LogP) is 2.45. The van der Waals surface area contributed by atoms with E-state index in [0.717, 1.165) is 5.56 Å². The Morgan fingerprint density at radius 1 is 1.23 bits per heavy atom. The number of methoxy groups -OCH3 is 1. The summed E-state index contributed by atoms with van der Waals surface area (Å²) in [4.78, 5) is 4.34. The van der Waals surface area contributed by atoms with Crippen LogP contribution in [0.25, 0.3) is 5.65 Å². The van der Waals surface area contributed by atoms with Gasteiger partial charge in [0.15, 0.2) is 5.65 Å². The van der Waals surface area contributed by atoms with Gasteiger partial charge < -0.3 is 9.14 Å². The largest absolute Gasteiger partial charge is 0.496 e. The van der Waals surface area contributed by atoms with E-state index in [1.165, 1.54) is 6.07 Å². The van der Waals surface area contributed by atoms with Crippen molar-refractivity contribution in [2.45, 2.75) is 11.8 Å². The van der Waals surface area contributed by atoms with Gasteiger partial charge in [-0.2, -0.15) is 0 Å². The third-order valence-electron chi connectivity index (χ3n) is 3.34. The van der Waals surface area contributed by atoms with Crippen LogP contribution in [0.1, 0.15) is 5.56 Å². The van der Waals surface area contributed by atoms with Gasteiger partial charge in [0, 0.05) is 18.6 Å². The second-order valence-corrected chi connectivity index (χ2v) is 6.50. The zero-order valence-corrected chi connectivity index (χ0v) is 13.0. The number of ether oxygens (including phenoxy) is 1. The first kappa shape index (κ1) is 14.4. The fraction of sp³-hybridized carbons (Fsp3) is 0.133. The third kappa shape index (κ3) is 2.50. The number of aromatic nitrogens is 2. The van der Waals surface area contributed by atoms with Gasteiger partial charge in [0.05, 0.1) is 17.7 Å². The number of sulfonamides is 1. The van der Waals surface area contributed by atoms with Gasteiger partial charge in [-0.05, 0) is 42.8 Å². The Labute approximate surface area is 128 Å². The zero-order chi connectivity index (χ0) is 15.7. The smallest absolute Gasteiger partial charge is 0.262 e. The van der Waals surface area contributed by atoms with Gasteiger partial charge in [0.1, 0.15) is 5.75 Å². The molecule has 22 heavy (non-hydrogen) atoms. The van der Waals surface area contributed by atoms with Gasteiger partial charge in [-0.3, -0.25) is 4.72 Å². The molecule has 1 N–H and O–H groups in total. The summed E-state index contributed by atoms with van der Waals surface area (Å²) in [5.74, 6) is 0.648. The number of hydrogen-bond acceptors (Lipinski definition) is 4. The molecule has 114 valence electrons. The van der Waals surface area contributed by atoms with Gasteiger partial charge >= 0.3 is 0 Å². The van der Waals surface area contributed by atoms with E-state index in [1.807, 2.05) is 0 Å². The monoisotopic (exact) mass is 317 g/mol. The topological polar surface area (TPSA) is 72.7 Å². The molecule has 0 atom stereocenters. The number of anilines is 1. The highest BCUT2D eigenvalue weighted by Crippen LogP contribution is 2.24. The normalized spacial score (nSPS) is 11.5. The van der Waals surface area contributed by atoms with E-state index in [2.05, 4.69) is 9.71 Å². The summed E-state index contributed by atoms with van der Waals surface area (Å²) < 4.78 is 34.5. The fourth-order valence-electron chi connectivity index (χ4n) is 2.25. The standard InChI is InChI=1S/C15H15N3O3S/c1-11-10-12(5-6-14(11)21-2)22(19,20)17-13-4-3-8-18-9-7-16-15(13)18/h3-10,17H,1-2H3. The van der Waals surface area contributed by atoms with Gasteiger partial charge in [0.25, 0.3) is 10.0 Å². The van der Waals surface area contributed by atoms with Crippen LogP contribution in [-0.4, -0.2) is 24.9 Å². The minimum absolute atomic E-state index is 0.180. The molecule has 2 aromatic heterocycles. The van der Waals surface area contributed by atoms with E-state index in [-0.39, 0.29) is 4.90 Å². The molecule has 1 aromatic carbocycles. The van der Waals surface area contributed by atoms with Crippen LogP contribution in [0.5, 0.6) is 5.75 Å². The number of nitrogens with zero attached hydrogens (tertiary/aromatic N) is 2. The van der Waals surface area contributed by atoms with Crippen molar-refractivity contribution >= 4 is 21.4 Å². The molecule has 3 aromatic rings. The number of imidazole rings is 1. The summed E-state index contributed by atoms with van der Waals surface area (Å²) in [7, 11) is -2.14. The van der Waals surface area contributed by atoms with Crippen LogP contribution >= 0.6 is 0 Å². The summed E-state index contributed by atoms with van der Waals surface area (Å²) >= 11 is 0. The van der Waals surface area contributed by atoms with Crippen LogP contribution in [0.2, 0.25) is 0 Å². The van der Waals surface area contributed by atoms with Crippen molar-refractivity contribution in [2.75, 3.05) is 11.8 Å². The molecule has 2 heterocycles. The predicted molar refractivity (Wildman–Crippen MR) is 83.7 cm³/mol. The first-order valence-corrected chi connectivity index (χ1v) is 8.09. The average molecular weight is 317 g/mol. The number of pyridine rings is 1. The van der Waals surface area contributed by atoms with Crippen molar-refractivity contribution in [2.24, 2.45) is 0 Å². The van der Waals surface area contributed by atoms with Crippen molar-refractivity contribution in [1.82, 2.24) is 9.38 Å². The number of rotatable bonds is 4. The summed E-state index contributed by atoms with van der Waals surface area (Å²) in [6.45, 7) is 1.80. The van der Waals surface area contributed by atoms with Crippen LogP contribution in [0, 0.1) is 6.92 Å². The molecule has 0 aliphatic carbocycles. The Bertz CT molecular complexity index is 932. The lowest BCUT2D eigenvalue weighted by molar-refractivity contribution is 0.411. The number of aryl methyl sites for hydroxylation is 1. The quantitative estimate of drug-likeness (QED) is 0.802. The molecule has 0 aliphatic rings. The van der Waals surface area contributed by atoms with Crippen molar-refractivity contribution < 1.29 is 13.2 Å². The van der Waals surface area contributed by atoms with E-state index in [4.69, 9.17) is 4.74 Å². The molecule has 7 heteroatoms. The molecule has 3 rings (SSSR count). The molecule has 0 saturated heterocycles. The van der Waals surface area contributed by atoms with Crippen molar-refractivity contribution in [3.63, 3.8) is 0 Å². The fourth-order valence-corrected chi connectivity index (χ4v) is 3.40. The summed E-state index contributed by atoms with van der Waals surface area (Å²) in [5, 5.41) is 0. The second-order valence-electron chi connectivity index (χ2n) is 4.82. The molecule has 0 amide bonds. The van der Waals surface area contributed by atoms with E-state index in [0.29, 0.717) is 17.1 Å². The maximum absolute atomic E-state index is 12.5. The summed E-state index contributed by atoms with van der Waals surface area (Å²) in [6, 6.07) is 8.16. The van der Waals surface area contributed by atoms with Gasteiger partial charge in [-0.1, -0.05) is 0 Å². The molecule has 0 saturated carbocycles. The highest BCUT2D eigenvalue weighted by Gasteiger charge is 2.17. The molecule has 0 spiro atoms. The summed E-state index contributed by atoms with van der Waals surface area (Å²) in [5.41, 5.74) is 1.74. The SMILES string of the molecule is COc1ccc(S(=O)(=O)Nc2cccn3ccnc23)cc1C. The Balaban J connectivity index is 2.00. The van der Waals surface area contributed by atoms with Gasteiger partial charge in [0.2, 0.25) is 0 Å². The van der Waals surface area contributed by atoms with Crippen LogP contribution in [0.4, 0.5) is 5.69 Å². The number of nitrogens with one attached hydrogen (secondary N) is 1. The Hall–Kier alpha value is -2.54. The Morgan fingerprint density at radius 3 is 2.77 bits per heavy atom. The first-order valence-electron chi connectivity index (χ1n) is 6.60. The second kappa shape index (κ2) is 5.34. The van der Waals surface area contributed by atoms with Crippen LogP contribution in [0.3, 0.4) is 0 Å². The van der Waals surface area contributed by atoms with E-state index in [9.17, 15) is 8.42 Å². The Kier molecular flexibility index (Phi) is 3.50. The number of fused-ring (bicyclic) bond motifs is 1. The van der Waals surface area contributed by atoms with E-state index >= 15 is 0 Å². The average Bonchev–Trinajstić information content (AvgIpc) is 2.96. The first-order chi connectivity index (χ1) is 10.5. The molecule has 0 radical (unpaired) electrons. The lowest BCUT2D eigenvalue weighted by atomic mass is 10.2. The van der Waals surface area contributed by atoms with Crippen LogP contribution < -0.4 is 9.46 Å². The number of benzene rings is 1. The maximum atomic E-state index is 12.5. The van der Waals surface area contributed by atoms with Crippen molar-refractivity contribution in [1.29, 1.82) is 0 Å². The highest BCUT2D eigenvalue weighted by atomic mass is 32.2. The molecule has 0 bridgehead atoms. The van der Waals surface area contributed by atoms with Crippen LogP contribution in [-0.2, 0) is 10.0 Å². The van der Waals surface area contributed by atoms with Crippen LogP contribution in [0.15, 0.2) is 53.8 Å². The highest BCUT2D eigenvalue weighted by molar-refractivity contribution is 7.92. The van der Waals surface area contributed by atoms with E-state index in [1.54, 1.807) is 61.3 Å². The summed E-state index contributed by atoms with van der Waals surface area (Å²) in [6.07, 6.45) is 5.17. The minimum atomic E-state index is -3.69. The molecule has 6 nitrogen and oxygen atoms in total. The molecule has 0 fully saturated rings. The van der Waals surface area contributed by atoms with Crippen molar-refractivity contribution in [3.8, 4) is 5.75 Å². The van der Waals surface area contributed by atoms with Gasteiger partial charge in [-0.15, -0.1) is 0 Å². The maximum Gasteiger partial charge on any atom is 0.262 e.